The number of carbonyl (C=O) groups is 2. The van der Waals surface area contributed by atoms with E-state index in [0.717, 1.165) is 19.5 Å². The van der Waals surface area contributed by atoms with Gasteiger partial charge in [0.15, 0.2) is 11.4 Å². The molecule has 18 heavy (non-hydrogen) atoms. The van der Waals surface area contributed by atoms with E-state index in [1.807, 2.05) is 7.05 Å². The normalized spacial score (nSPS) is 17.5. The van der Waals surface area contributed by atoms with E-state index < -0.39 is 5.97 Å². The topological polar surface area (TPSA) is 89.5 Å². The van der Waals surface area contributed by atoms with Gasteiger partial charge < -0.3 is 19.9 Å². The van der Waals surface area contributed by atoms with E-state index in [4.69, 9.17) is 5.11 Å². The number of hydrogen-bond acceptors (Lipinski definition) is 4. The summed E-state index contributed by atoms with van der Waals surface area (Å²) in [6.07, 6.45) is 2.12. The Morgan fingerprint density at radius 1 is 1.33 bits per heavy atom. The minimum atomic E-state index is -1.16. The van der Waals surface area contributed by atoms with Gasteiger partial charge in [-0.05, 0) is 20.0 Å². The number of amides is 1. The molecular formula is C11H16N4O3. The highest BCUT2D eigenvalue weighted by Gasteiger charge is 2.25. The first-order chi connectivity index (χ1) is 8.59. The quantitative estimate of drug-likeness (QED) is 0.766. The van der Waals surface area contributed by atoms with Gasteiger partial charge in [-0.1, -0.05) is 0 Å². The molecule has 0 radical (unpaired) electrons. The first-order valence-corrected chi connectivity index (χ1v) is 5.84. The smallest absolute Gasteiger partial charge is 0.354 e. The predicted molar refractivity (Wildman–Crippen MR) is 63.6 cm³/mol. The zero-order chi connectivity index (χ0) is 13.1. The van der Waals surface area contributed by atoms with Crippen LogP contribution < -0.4 is 0 Å². The first kappa shape index (κ1) is 12.6. The van der Waals surface area contributed by atoms with Gasteiger partial charge in [0.25, 0.3) is 5.91 Å². The molecule has 2 heterocycles. The number of hydrogen-bond donors (Lipinski definition) is 2. The lowest BCUT2D eigenvalue weighted by Gasteiger charge is -2.19. The number of aromatic nitrogens is 2. The summed E-state index contributed by atoms with van der Waals surface area (Å²) in [7, 11) is 2.01. The van der Waals surface area contributed by atoms with Gasteiger partial charge in [0.2, 0.25) is 0 Å². The molecule has 1 saturated heterocycles. The molecule has 1 aliphatic heterocycles. The molecule has 0 atom stereocenters. The molecule has 1 aromatic rings. The van der Waals surface area contributed by atoms with Crippen molar-refractivity contribution in [3.8, 4) is 0 Å². The minimum absolute atomic E-state index is 0.00736. The molecule has 0 aliphatic carbocycles. The third-order valence-corrected chi connectivity index (χ3v) is 3.06. The molecule has 1 fully saturated rings. The number of aromatic amines is 1. The molecule has 7 heteroatoms. The fourth-order valence-corrected chi connectivity index (χ4v) is 2.02. The van der Waals surface area contributed by atoms with Crippen molar-refractivity contribution in [2.45, 2.75) is 6.42 Å². The standard InChI is InChI=1S/C11H16N4O3/c1-14-3-2-4-15(6-5-14)10(16)8-9(11(17)18)13-7-12-8/h7H,2-6H2,1H3,(H,12,13)(H,17,18). The second kappa shape index (κ2) is 5.18. The molecule has 0 aromatic carbocycles. The maximum Gasteiger partial charge on any atom is 0.354 e. The zero-order valence-corrected chi connectivity index (χ0v) is 10.2. The van der Waals surface area contributed by atoms with Gasteiger partial charge in [0, 0.05) is 19.6 Å². The fourth-order valence-electron chi connectivity index (χ4n) is 2.02. The third kappa shape index (κ3) is 2.51. The van der Waals surface area contributed by atoms with E-state index in [1.54, 1.807) is 4.90 Å². The van der Waals surface area contributed by atoms with E-state index in [2.05, 4.69) is 14.9 Å². The van der Waals surface area contributed by atoms with Crippen molar-refractivity contribution in [3.05, 3.63) is 17.7 Å². The number of carboxylic acids is 1. The number of likely N-dealkylation sites (N-methyl/N-ethyl adjacent to an activating group) is 1. The fraction of sp³-hybridized carbons (Fsp3) is 0.545. The van der Waals surface area contributed by atoms with E-state index in [1.165, 1.54) is 6.33 Å². The monoisotopic (exact) mass is 252 g/mol. The molecule has 2 N–H and O–H groups in total. The molecular weight excluding hydrogens is 236 g/mol. The van der Waals surface area contributed by atoms with Gasteiger partial charge in [-0.25, -0.2) is 9.78 Å². The molecule has 1 aliphatic rings. The molecule has 7 nitrogen and oxygen atoms in total. The Balaban J connectivity index is 2.15. The molecule has 0 bridgehead atoms. The number of nitrogens with zero attached hydrogens (tertiary/aromatic N) is 3. The largest absolute Gasteiger partial charge is 0.477 e. The van der Waals surface area contributed by atoms with Crippen molar-refractivity contribution < 1.29 is 14.7 Å². The van der Waals surface area contributed by atoms with Crippen molar-refractivity contribution in [2.24, 2.45) is 0 Å². The predicted octanol–water partition coefficient (Wildman–Crippen LogP) is -0.114. The van der Waals surface area contributed by atoms with Gasteiger partial charge in [0.1, 0.15) is 0 Å². The number of nitrogens with one attached hydrogen (secondary N) is 1. The van der Waals surface area contributed by atoms with Crippen LogP contribution in [-0.2, 0) is 0 Å². The Hall–Kier alpha value is -1.89. The zero-order valence-electron chi connectivity index (χ0n) is 10.2. The van der Waals surface area contributed by atoms with Crippen LogP contribution >= 0.6 is 0 Å². The van der Waals surface area contributed by atoms with Crippen LogP contribution in [-0.4, -0.2) is 70.0 Å². The molecule has 2 rings (SSSR count). The number of imidazole rings is 1. The van der Waals surface area contributed by atoms with Gasteiger partial charge >= 0.3 is 5.97 Å². The highest BCUT2D eigenvalue weighted by atomic mass is 16.4. The minimum Gasteiger partial charge on any atom is -0.477 e. The van der Waals surface area contributed by atoms with E-state index in [9.17, 15) is 9.59 Å². The third-order valence-electron chi connectivity index (χ3n) is 3.06. The van der Waals surface area contributed by atoms with Crippen molar-refractivity contribution >= 4 is 11.9 Å². The van der Waals surface area contributed by atoms with Gasteiger partial charge in [-0.15, -0.1) is 0 Å². The Labute approximate surface area is 104 Å². The van der Waals surface area contributed by atoms with E-state index in [0.29, 0.717) is 13.1 Å². The Morgan fingerprint density at radius 2 is 2.11 bits per heavy atom. The molecule has 1 amide bonds. The maximum absolute atomic E-state index is 12.2. The summed E-state index contributed by atoms with van der Waals surface area (Å²) < 4.78 is 0. The summed E-state index contributed by atoms with van der Waals surface area (Å²) in [5.41, 5.74) is -0.148. The van der Waals surface area contributed by atoms with Crippen LogP contribution in [0.15, 0.2) is 6.33 Å². The molecule has 1 aromatic heterocycles. The summed E-state index contributed by atoms with van der Waals surface area (Å²) in [4.78, 5) is 33.3. The van der Waals surface area contributed by atoms with Crippen LogP contribution in [0.2, 0.25) is 0 Å². The first-order valence-electron chi connectivity index (χ1n) is 5.84. The summed E-state index contributed by atoms with van der Waals surface area (Å²) in [5, 5.41) is 8.95. The van der Waals surface area contributed by atoms with Gasteiger partial charge in [-0.3, -0.25) is 4.79 Å². The molecule has 0 saturated carbocycles. The lowest BCUT2D eigenvalue weighted by atomic mass is 10.2. The van der Waals surface area contributed by atoms with Crippen molar-refractivity contribution in [3.63, 3.8) is 0 Å². The van der Waals surface area contributed by atoms with Gasteiger partial charge in [0.05, 0.1) is 6.33 Å². The second-order valence-corrected chi connectivity index (χ2v) is 4.38. The van der Waals surface area contributed by atoms with Crippen molar-refractivity contribution in [2.75, 3.05) is 33.2 Å². The Kier molecular flexibility index (Phi) is 3.61. The Bertz CT molecular complexity index is 457. The highest BCUT2D eigenvalue weighted by molar-refractivity contribution is 6.02. The summed E-state index contributed by atoms with van der Waals surface area (Å²) in [5.74, 6) is -1.48. The van der Waals surface area contributed by atoms with Crippen LogP contribution in [0.1, 0.15) is 27.4 Å². The summed E-state index contributed by atoms with van der Waals surface area (Å²) in [6.45, 7) is 2.96. The van der Waals surface area contributed by atoms with Gasteiger partial charge in [-0.2, -0.15) is 0 Å². The van der Waals surface area contributed by atoms with Crippen LogP contribution in [0.25, 0.3) is 0 Å². The molecule has 0 unspecified atom stereocenters. The lowest BCUT2D eigenvalue weighted by Crippen LogP contribution is -2.35. The van der Waals surface area contributed by atoms with Crippen LogP contribution in [0.3, 0.4) is 0 Å². The van der Waals surface area contributed by atoms with Crippen molar-refractivity contribution in [1.82, 2.24) is 19.8 Å². The van der Waals surface area contributed by atoms with Crippen molar-refractivity contribution in [1.29, 1.82) is 0 Å². The molecule has 98 valence electrons. The summed E-state index contributed by atoms with van der Waals surface area (Å²) in [6, 6.07) is 0. The number of carbonyl (C=O) groups excluding carboxylic acids is 1. The van der Waals surface area contributed by atoms with Crippen LogP contribution in [0, 0.1) is 0 Å². The average molecular weight is 252 g/mol. The molecule has 0 spiro atoms. The van der Waals surface area contributed by atoms with Crippen LogP contribution in [0.5, 0.6) is 0 Å². The van der Waals surface area contributed by atoms with Crippen LogP contribution in [0.4, 0.5) is 0 Å². The average Bonchev–Trinajstić information content (AvgIpc) is 2.72. The second-order valence-electron chi connectivity index (χ2n) is 4.38. The summed E-state index contributed by atoms with van der Waals surface area (Å²) >= 11 is 0. The Morgan fingerprint density at radius 3 is 2.83 bits per heavy atom. The van der Waals surface area contributed by atoms with E-state index in [-0.39, 0.29) is 17.3 Å². The number of carboxylic acid groups (broad SMARTS) is 1. The lowest BCUT2D eigenvalue weighted by molar-refractivity contribution is 0.0670. The maximum atomic E-state index is 12.2. The number of H-pyrrole nitrogens is 1. The SMILES string of the molecule is CN1CCCN(C(=O)c2nc[nH]c2C(=O)O)CC1. The number of rotatable bonds is 2. The highest BCUT2D eigenvalue weighted by Crippen LogP contribution is 2.10. The number of aromatic carboxylic acids is 1. The van der Waals surface area contributed by atoms with E-state index >= 15 is 0 Å².